The summed E-state index contributed by atoms with van der Waals surface area (Å²) >= 11 is 0. The van der Waals surface area contributed by atoms with Crippen LogP contribution >= 0.6 is 0 Å². The third-order valence-corrected chi connectivity index (χ3v) is 3.49. The Labute approximate surface area is 113 Å². The Balaban J connectivity index is 1.93. The fourth-order valence-electron chi connectivity index (χ4n) is 2.29. The first-order chi connectivity index (χ1) is 9.11. The number of amides is 1. The van der Waals surface area contributed by atoms with E-state index in [2.05, 4.69) is 17.1 Å². The van der Waals surface area contributed by atoms with E-state index in [-0.39, 0.29) is 0 Å². The minimum atomic E-state index is -0.454. The highest BCUT2D eigenvalue weighted by Gasteiger charge is 2.27. The minimum Gasteiger partial charge on any atom is -0.399 e. The third-order valence-electron chi connectivity index (χ3n) is 3.49. The molecule has 0 aromatic heterocycles. The molecule has 5 N–H and O–H groups in total. The lowest BCUT2D eigenvalue weighted by Gasteiger charge is -2.20. The minimum absolute atomic E-state index is 0.453. The molecule has 0 atom stereocenters. The summed E-state index contributed by atoms with van der Waals surface area (Å²) in [5.74, 6) is -0.454. The maximum atomic E-state index is 11.4. The van der Waals surface area contributed by atoms with Crippen LogP contribution < -0.4 is 16.8 Å². The van der Waals surface area contributed by atoms with Crippen LogP contribution in [0.15, 0.2) is 18.2 Å². The van der Waals surface area contributed by atoms with Crippen molar-refractivity contribution in [3.8, 4) is 0 Å². The monoisotopic (exact) mass is 262 g/mol. The van der Waals surface area contributed by atoms with E-state index in [0.717, 1.165) is 31.4 Å². The van der Waals surface area contributed by atoms with Gasteiger partial charge in [0.2, 0.25) is 0 Å². The molecule has 0 aliphatic heterocycles. The van der Waals surface area contributed by atoms with E-state index >= 15 is 0 Å². The zero-order valence-electron chi connectivity index (χ0n) is 11.4. The number of hydrogen-bond acceptors (Lipinski definition) is 4. The number of hydrogen-bond donors (Lipinski definition) is 3. The second kappa shape index (κ2) is 5.93. The zero-order valence-corrected chi connectivity index (χ0v) is 11.4. The molecule has 5 heteroatoms. The van der Waals surface area contributed by atoms with Gasteiger partial charge in [-0.15, -0.1) is 0 Å². The molecular formula is C14H22N4O. The number of rotatable bonds is 7. The van der Waals surface area contributed by atoms with E-state index in [9.17, 15) is 4.79 Å². The Morgan fingerprint density at radius 1 is 1.47 bits per heavy atom. The largest absolute Gasteiger partial charge is 0.399 e. The van der Waals surface area contributed by atoms with Crippen molar-refractivity contribution in [1.82, 2.24) is 4.90 Å². The Bertz CT molecular complexity index is 457. The van der Waals surface area contributed by atoms with Crippen molar-refractivity contribution >= 4 is 17.3 Å². The molecule has 1 aliphatic carbocycles. The normalized spacial score (nSPS) is 14.6. The van der Waals surface area contributed by atoms with Crippen LogP contribution in [0.4, 0.5) is 11.4 Å². The lowest BCUT2D eigenvalue weighted by atomic mass is 10.1. The maximum Gasteiger partial charge on any atom is 0.250 e. The van der Waals surface area contributed by atoms with Crippen LogP contribution in [0.2, 0.25) is 0 Å². The Hall–Kier alpha value is -1.75. The van der Waals surface area contributed by atoms with Crippen molar-refractivity contribution in [2.75, 3.05) is 30.7 Å². The first kappa shape index (κ1) is 13.7. The number of carbonyl (C=O) groups is 1. The predicted molar refractivity (Wildman–Crippen MR) is 78.1 cm³/mol. The summed E-state index contributed by atoms with van der Waals surface area (Å²) in [5.41, 5.74) is 12.8. The summed E-state index contributed by atoms with van der Waals surface area (Å²) < 4.78 is 0. The summed E-state index contributed by atoms with van der Waals surface area (Å²) in [7, 11) is 0. The quantitative estimate of drug-likeness (QED) is 0.646. The molecule has 0 unspecified atom stereocenters. The maximum absolute atomic E-state index is 11.4. The summed E-state index contributed by atoms with van der Waals surface area (Å²) in [6, 6.07) is 5.95. The fourth-order valence-corrected chi connectivity index (χ4v) is 2.29. The van der Waals surface area contributed by atoms with E-state index in [4.69, 9.17) is 11.5 Å². The van der Waals surface area contributed by atoms with Crippen molar-refractivity contribution in [3.05, 3.63) is 23.8 Å². The molecule has 0 bridgehead atoms. The summed E-state index contributed by atoms with van der Waals surface area (Å²) in [6.45, 7) is 5.02. The summed E-state index contributed by atoms with van der Waals surface area (Å²) in [4.78, 5) is 13.8. The highest BCUT2D eigenvalue weighted by molar-refractivity contribution is 5.99. The Morgan fingerprint density at radius 2 is 2.21 bits per heavy atom. The van der Waals surface area contributed by atoms with Crippen molar-refractivity contribution in [2.45, 2.75) is 25.8 Å². The first-order valence-electron chi connectivity index (χ1n) is 6.79. The van der Waals surface area contributed by atoms with Gasteiger partial charge >= 0.3 is 0 Å². The number of nitrogens with two attached hydrogens (primary N) is 2. The van der Waals surface area contributed by atoms with Gasteiger partial charge in [0.1, 0.15) is 0 Å². The second-order valence-electron chi connectivity index (χ2n) is 4.96. The number of nitrogens with zero attached hydrogens (tertiary/aromatic N) is 1. The molecule has 0 radical (unpaired) electrons. The molecule has 0 heterocycles. The third kappa shape index (κ3) is 3.61. The van der Waals surface area contributed by atoms with Gasteiger partial charge in [0.15, 0.2) is 0 Å². The van der Waals surface area contributed by atoms with Gasteiger partial charge in [0, 0.05) is 30.5 Å². The molecule has 2 rings (SSSR count). The zero-order chi connectivity index (χ0) is 13.8. The van der Waals surface area contributed by atoms with Crippen LogP contribution in [0.25, 0.3) is 0 Å². The second-order valence-corrected chi connectivity index (χ2v) is 4.96. The molecule has 1 saturated carbocycles. The average molecular weight is 262 g/mol. The summed E-state index contributed by atoms with van der Waals surface area (Å²) in [5, 5.41) is 3.27. The molecule has 104 valence electrons. The Morgan fingerprint density at radius 3 is 2.79 bits per heavy atom. The van der Waals surface area contributed by atoms with Crippen molar-refractivity contribution < 1.29 is 4.79 Å². The van der Waals surface area contributed by atoms with Crippen LogP contribution in [-0.4, -0.2) is 36.5 Å². The highest BCUT2D eigenvalue weighted by atomic mass is 16.1. The SMILES string of the molecule is CCN(CCNc1ccc(N)cc1C(N)=O)C1CC1. The molecule has 1 aromatic rings. The summed E-state index contributed by atoms with van der Waals surface area (Å²) in [6.07, 6.45) is 2.62. The number of benzene rings is 1. The van der Waals surface area contributed by atoms with Crippen LogP contribution in [0.1, 0.15) is 30.1 Å². The molecular weight excluding hydrogens is 240 g/mol. The number of likely N-dealkylation sites (N-methyl/N-ethyl adjacent to an activating group) is 1. The van der Waals surface area contributed by atoms with Gasteiger partial charge in [-0.3, -0.25) is 9.69 Å². The van der Waals surface area contributed by atoms with Crippen LogP contribution in [0.5, 0.6) is 0 Å². The topological polar surface area (TPSA) is 84.4 Å². The van der Waals surface area contributed by atoms with Crippen molar-refractivity contribution in [1.29, 1.82) is 0 Å². The predicted octanol–water partition coefficient (Wildman–Crippen LogP) is 1.26. The van der Waals surface area contributed by atoms with E-state index in [1.54, 1.807) is 12.1 Å². The van der Waals surface area contributed by atoms with Crippen LogP contribution in [-0.2, 0) is 0 Å². The van der Waals surface area contributed by atoms with Crippen molar-refractivity contribution in [2.24, 2.45) is 5.73 Å². The van der Waals surface area contributed by atoms with Gasteiger partial charge in [-0.1, -0.05) is 6.92 Å². The van der Waals surface area contributed by atoms with Crippen molar-refractivity contribution in [3.63, 3.8) is 0 Å². The van der Waals surface area contributed by atoms with Crippen LogP contribution in [0.3, 0.4) is 0 Å². The van der Waals surface area contributed by atoms with E-state index in [0.29, 0.717) is 11.3 Å². The lowest BCUT2D eigenvalue weighted by Crippen LogP contribution is -2.31. The molecule has 1 aliphatic rings. The highest BCUT2D eigenvalue weighted by Crippen LogP contribution is 2.26. The average Bonchev–Trinajstić information content (AvgIpc) is 3.20. The molecule has 0 saturated heterocycles. The van der Waals surface area contributed by atoms with E-state index in [1.165, 1.54) is 12.8 Å². The lowest BCUT2D eigenvalue weighted by molar-refractivity contribution is 0.100. The molecule has 19 heavy (non-hydrogen) atoms. The van der Waals surface area contributed by atoms with E-state index in [1.807, 2.05) is 6.07 Å². The first-order valence-corrected chi connectivity index (χ1v) is 6.79. The number of nitrogen functional groups attached to an aromatic ring is 1. The van der Waals surface area contributed by atoms with Crippen LogP contribution in [0, 0.1) is 0 Å². The molecule has 1 fully saturated rings. The molecule has 0 spiro atoms. The smallest absolute Gasteiger partial charge is 0.250 e. The van der Waals surface area contributed by atoms with Gasteiger partial charge in [-0.25, -0.2) is 0 Å². The van der Waals surface area contributed by atoms with Gasteiger partial charge in [-0.2, -0.15) is 0 Å². The standard InChI is InChI=1S/C14H22N4O/c1-2-18(11-4-5-11)8-7-17-13-6-3-10(15)9-12(13)14(16)19/h3,6,9,11,17H,2,4-5,7-8,15H2,1H3,(H2,16,19). The Kier molecular flexibility index (Phi) is 4.27. The van der Waals surface area contributed by atoms with Gasteiger partial charge in [-0.05, 0) is 37.6 Å². The number of primary amides is 1. The number of anilines is 2. The fraction of sp³-hybridized carbons (Fsp3) is 0.500. The number of carbonyl (C=O) groups excluding carboxylic acids is 1. The number of nitrogens with one attached hydrogen (secondary N) is 1. The molecule has 5 nitrogen and oxygen atoms in total. The molecule has 1 aromatic carbocycles. The van der Waals surface area contributed by atoms with Gasteiger partial charge in [0.05, 0.1) is 5.56 Å². The van der Waals surface area contributed by atoms with Gasteiger partial charge < -0.3 is 16.8 Å². The van der Waals surface area contributed by atoms with Gasteiger partial charge in [0.25, 0.3) is 5.91 Å². The van der Waals surface area contributed by atoms with E-state index < -0.39 is 5.91 Å². The molecule has 1 amide bonds.